The average molecular weight is 378 g/mol. The molecule has 1 aromatic carbocycles. The van der Waals surface area contributed by atoms with E-state index in [2.05, 4.69) is 5.32 Å². The molecule has 2 N–H and O–H groups in total. The Bertz CT molecular complexity index is 640. The Balaban J connectivity index is 3.04. The van der Waals surface area contributed by atoms with E-state index in [1.165, 1.54) is 4.90 Å². The highest BCUT2D eigenvalue weighted by Gasteiger charge is 2.33. The number of carbonyl (C=O) groups is 3. The highest BCUT2D eigenvalue weighted by molar-refractivity contribution is 5.89. The van der Waals surface area contributed by atoms with Gasteiger partial charge < -0.3 is 20.1 Å². The van der Waals surface area contributed by atoms with Crippen LogP contribution in [0, 0.1) is 0 Å². The number of carboxylic acid groups (broad SMARTS) is 1. The zero-order chi connectivity index (χ0) is 20.6. The molecule has 0 saturated carbocycles. The topological polar surface area (TPSA) is 95.9 Å². The Kier molecular flexibility index (Phi) is 8.28. The van der Waals surface area contributed by atoms with Gasteiger partial charge in [0.05, 0.1) is 0 Å². The van der Waals surface area contributed by atoms with Crippen molar-refractivity contribution in [3.05, 3.63) is 35.9 Å². The molecule has 0 aliphatic heterocycles. The van der Waals surface area contributed by atoms with Gasteiger partial charge in [0.2, 0.25) is 5.91 Å². The minimum absolute atomic E-state index is 0.150. The Morgan fingerprint density at radius 1 is 1.11 bits per heavy atom. The molecule has 0 unspecified atom stereocenters. The van der Waals surface area contributed by atoms with E-state index in [1.54, 1.807) is 34.6 Å². The Hall–Kier alpha value is -2.57. The van der Waals surface area contributed by atoms with E-state index in [4.69, 9.17) is 4.74 Å². The zero-order valence-corrected chi connectivity index (χ0v) is 16.7. The van der Waals surface area contributed by atoms with Gasteiger partial charge >= 0.3 is 12.1 Å². The number of nitrogens with one attached hydrogen (secondary N) is 1. The number of hydrogen-bond donors (Lipinski definition) is 2. The van der Waals surface area contributed by atoms with Gasteiger partial charge in [0.25, 0.3) is 0 Å². The number of hydrogen-bond acceptors (Lipinski definition) is 4. The lowest BCUT2D eigenvalue weighted by Crippen LogP contribution is -2.53. The Morgan fingerprint density at radius 2 is 1.70 bits per heavy atom. The second kappa shape index (κ2) is 9.94. The number of benzene rings is 1. The lowest BCUT2D eigenvalue weighted by atomic mass is 10.1. The SMILES string of the molecule is CC[C@@H](NC(=O)OC(C)(C)C)C(=O)N(Cc1ccccc1)[C@@H](CC)C(=O)O. The maximum Gasteiger partial charge on any atom is 0.408 e. The van der Waals surface area contributed by atoms with Gasteiger partial charge in [0.15, 0.2) is 0 Å². The third kappa shape index (κ3) is 7.29. The van der Waals surface area contributed by atoms with Crippen LogP contribution in [0.15, 0.2) is 30.3 Å². The summed E-state index contributed by atoms with van der Waals surface area (Å²) in [5.74, 6) is -1.52. The van der Waals surface area contributed by atoms with E-state index in [0.29, 0.717) is 6.42 Å². The van der Waals surface area contributed by atoms with Crippen LogP contribution in [-0.4, -0.2) is 45.7 Å². The second-order valence-corrected chi connectivity index (χ2v) is 7.32. The van der Waals surface area contributed by atoms with Gasteiger partial charge in [-0.25, -0.2) is 9.59 Å². The maximum absolute atomic E-state index is 13.1. The second-order valence-electron chi connectivity index (χ2n) is 7.32. The van der Waals surface area contributed by atoms with Crippen molar-refractivity contribution in [1.29, 1.82) is 0 Å². The first-order valence-corrected chi connectivity index (χ1v) is 9.15. The Morgan fingerprint density at radius 3 is 2.15 bits per heavy atom. The molecule has 0 radical (unpaired) electrons. The molecule has 150 valence electrons. The molecule has 7 heteroatoms. The number of amides is 2. The van der Waals surface area contributed by atoms with Crippen LogP contribution in [0.3, 0.4) is 0 Å². The number of nitrogens with zero attached hydrogens (tertiary/aromatic N) is 1. The molecule has 2 amide bonds. The molecule has 27 heavy (non-hydrogen) atoms. The Labute approximate surface area is 160 Å². The minimum atomic E-state index is -1.08. The fourth-order valence-corrected chi connectivity index (χ4v) is 2.64. The largest absolute Gasteiger partial charge is 0.480 e. The van der Waals surface area contributed by atoms with Crippen molar-refractivity contribution in [2.75, 3.05) is 0 Å². The number of carbonyl (C=O) groups excluding carboxylic acids is 2. The molecule has 0 aromatic heterocycles. The van der Waals surface area contributed by atoms with E-state index in [-0.39, 0.29) is 13.0 Å². The monoisotopic (exact) mass is 378 g/mol. The summed E-state index contributed by atoms with van der Waals surface area (Å²) < 4.78 is 5.22. The maximum atomic E-state index is 13.1. The predicted molar refractivity (Wildman–Crippen MR) is 102 cm³/mol. The summed E-state index contributed by atoms with van der Waals surface area (Å²) in [7, 11) is 0. The van der Waals surface area contributed by atoms with Crippen LogP contribution >= 0.6 is 0 Å². The molecule has 0 aliphatic carbocycles. The molecule has 0 heterocycles. The fourth-order valence-electron chi connectivity index (χ4n) is 2.64. The van der Waals surface area contributed by atoms with Crippen molar-refractivity contribution in [2.45, 2.75) is 71.7 Å². The summed E-state index contributed by atoms with van der Waals surface area (Å²) in [6.45, 7) is 8.81. The predicted octanol–water partition coefficient (Wildman–Crippen LogP) is 3.18. The first-order chi connectivity index (χ1) is 12.6. The molecule has 7 nitrogen and oxygen atoms in total. The van der Waals surface area contributed by atoms with E-state index >= 15 is 0 Å². The summed E-state index contributed by atoms with van der Waals surface area (Å²) in [5.41, 5.74) is 0.125. The van der Waals surface area contributed by atoms with Crippen LogP contribution < -0.4 is 5.32 Å². The molecule has 0 saturated heterocycles. The summed E-state index contributed by atoms with van der Waals surface area (Å²) in [5, 5.41) is 12.1. The van der Waals surface area contributed by atoms with Crippen LogP contribution in [0.25, 0.3) is 0 Å². The van der Waals surface area contributed by atoms with Crippen molar-refractivity contribution in [3.8, 4) is 0 Å². The normalized spacial score (nSPS) is 13.4. The van der Waals surface area contributed by atoms with Crippen LogP contribution in [0.2, 0.25) is 0 Å². The molecule has 1 rings (SSSR count). The van der Waals surface area contributed by atoms with Gasteiger partial charge in [0, 0.05) is 6.54 Å². The summed E-state index contributed by atoms with van der Waals surface area (Å²) in [6.07, 6.45) is -0.123. The van der Waals surface area contributed by atoms with Crippen molar-refractivity contribution in [1.82, 2.24) is 10.2 Å². The molecular weight excluding hydrogens is 348 g/mol. The van der Waals surface area contributed by atoms with Gasteiger partial charge in [-0.2, -0.15) is 0 Å². The molecule has 0 bridgehead atoms. The van der Waals surface area contributed by atoms with Crippen LogP contribution in [0.5, 0.6) is 0 Å². The summed E-state index contributed by atoms with van der Waals surface area (Å²) >= 11 is 0. The number of aliphatic carboxylic acids is 1. The van der Waals surface area contributed by atoms with Crippen molar-refractivity contribution in [2.24, 2.45) is 0 Å². The number of carboxylic acids is 1. The van der Waals surface area contributed by atoms with Crippen LogP contribution in [-0.2, 0) is 20.9 Å². The smallest absolute Gasteiger partial charge is 0.408 e. The van der Waals surface area contributed by atoms with Crippen molar-refractivity contribution >= 4 is 18.0 Å². The molecule has 1 aromatic rings. The van der Waals surface area contributed by atoms with Gasteiger partial charge in [-0.3, -0.25) is 4.79 Å². The fraction of sp³-hybridized carbons (Fsp3) is 0.550. The van der Waals surface area contributed by atoms with Crippen LogP contribution in [0.1, 0.15) is 53.0 Å². The summed E-state index contributed by atoms with van der Waals surface area (Å²) in [6, 6.07) is 7.33. The van der Waals surface area contributed by atoms with E-state index < -0.39 is 35.7 Å². The number of rotatable bonds is 8. The molecule has 0 spiro atoms. The van der Waals surface area contributed by atoms with Gasteiger partial charge in [-0.05, 0) is 39.2 Å². The van der Waals surface area contributed by atoms with Crippen molar-refractivity contribution in [3.63, 3.8) is 0 Å². The standard InChI is InChI=1S/C20H30N2O5/c1-6-15(21-19(26)27-20(3,4)5)17(23)22(16(7-2)18(24)25)13-14-11-9-8-10-12-14/h8-12,15-16H,6-7,13H2,1-5H3,(H,21,26)(H,24,25)/t15-,16+/m1/s1. The zero-order valence-electron chi connectivity index (χ0n) is 16.7. The third-order valence-corrected chi connectivity index (χ3v) is 3.92. The quantitative estimate of drug-likeness (QED) is 0.724. The van der Waals surface area contributed by atoms with E-state index in [0.717, 1.165) is 5.56 Å². The first-order valence-electron chi connectivity index (χ1n) is 9.15. The highest BCUT2D eigenvalue weighted by atomic mass is 16.6. The lowest BCUT2D eigenvalue weighted by molar-refractivity contribution is -0.151. The number of ether oxygens (including phenoxy) is 1. The lowest BCUT2D eigenvalue weighted by Gasteiger charge is -2.32. The average Bonchev–Trinajstić information content (AvgIpc) is 2.58. The molecule has 0 fully saturated rings. The summed E-state index contributed by atoms with van der Waals surface area (Å²) in [4.78, 5) is 38.1. The van der Waals surface area contributed by atoms with E-state index in [9.17, 15) is 19.5 Å². The minimum Gasteiger partial charge on any atom is -0.480 e. The van der Waals surface area contributed by atoms with Crippen LogP contribution in [0.4, 0.5) is 4.79 Å². The van der Waals surface area contributed by atoms with Crippen molar-refractivity contribution < 1.29 is 24.2 Å². The first kappa shape index (κ1) is 22.5. The molecule has 2 atom stereocenters. The van der Waals surface area contributed by atoms with Gasteiger partial charge in [0.1, 0.15) is 17.7 Å². The van der Waals surface area contributed by atoms with Gasteiger partial charge in [-0.1, -0.05) is 44.2 Å². The molecule has 0 aliphatic rings. The number of alkyl carbamates (subject to hydrolysis) is 1. The van der Waals surface area contributed by atoms with E-state index in [1.807, 2.05) is 30.3 Å². The molecular formula is C20H30N2O5. The van der Waals surface area contributed by atoms with Gasteiger partial charge in [-0.15, -0.1) is 0 Å². The highest BCUT2D eigenvalue weighted by Crippen LogP contribution is 2.15. The third-order valence-electron chi connectivity index (χ3n) is 3.92.